The Morgan fingerprint density at radius 3 is 2.20 bits per heavy atom. The van der Waals surface area contributed by atoms with E-state index in [0.29, 0.717) is 5.02 Å². The molecule has 1 fully saturated rings. The first-order chi connectivity index (χ1) is 22.1. The van der Waals surface area contributed by atoms with Crippen LogP contribution in [-0.2, 0) is 32.6 Å². The summed E-state index contributed by atoms with van der Waals surface area (Å²) < 4.78 is 30.2. The fraction of sp³-hybridized carbons (Fsp3) is 0.278. The summed E-state index contributed by atoms with van der Waals surface area (Å²) in [5.74, 6) is -0.758. The molecule has 46 heavy (non-hydrogen) atoms. The molecule has 1 saturated carbocycles. The van der Waals surface area contributed by atoms with E-state index in [2.05, 4.69) is 21.2 Å². The molecule has 0 radical (unpaired) electrons. The average Bonchev–Trinajstić information content (AvgIpc) is 3.55. The molecule has 0 aromatic heterocycles. The van der Waals surface area contributed by atoms with Crippen LogP contribution in [0.2, 0.25) is 5.02 Å². The molecule has 1 aliphatic carbocycles. The van der Waals surface area contributed by atoms with Crippen LogP contribution in [0, 0.1) is 6.92 Å². The Hall–Kier alpha value is -3.66. The minimum Gasteiger partial charge on any atom is -0.352 e. The smallest absolute Gasteiger partial charge is 0.264 e. The van der Waals surface area contributed by atoms with Gasteiger partial charge in [0.2, 0.25) is 11.8 Å². The third-order valence-corrected chi connectivity index (χ3v) is 10.8. The highest BCUT2D eigenvalue weighted by Gasteiger charge is 2.35. The van der Waals surface area contributed by atoms with Gasteiger partial charge in [-0.2, -0.15) is 0 Å². The number of rotatable bonds is 12. The van der Waals surface area contributed by atoms with Crippen molar-refractivity contribution < 1.29 is 18.0 Å². The fourth-order valence-corrected chi connectivity index (χ4v) is 7.71. The molecule has 0 unspecified atom stereocenters. The molecule has 240 valence electrons. The van der Waals surface area contributed by atoms with Crippen LogP contribution in [-0.4, -0.2) is 43.8 Å². The molecule has 5 rings (SSSR count). The molecular formula is C36H37BrClN3O4S. The number of halogens is 2. The molecule has 1 N–H and O–H groups in total. The van der Waals surface area contributed by atoms with Crippen molar-refractivity contribution in [3.63, 3.8) is 0 Å². The van der Waals surface area contributed by atoms with E-state index in [9.17, 15) is 18.0 Å². The topological polar surface area (TPSA) is 86.8 Å². The Bertz CT molecular complexity index is 1750. The summed E-state index contributed by atoms with van der Waals surface area (Å²) in [6.07, 6.45) is 4.14. The van der Waals surface area contributed by atoms with Gasteiger partial charge < -0.3 is 10.2 Å². The van der Waals surface area contributed by atoms with Crippen LogP contribution in [0.15, 0.2) is 112 Å². The molecule has 0 heterocycles. The maximum atomic E-state index is 14.6. The van der Waals surface area contributed by atoms with Crippen molar-refractivity contribution in [2.24, 2.45) is 0 Å². The number of benzene rings is 4. The lowest BCUT2D eigenvalue weighted by molar-refractivity contribution is -0.140. The second-order valence-corrected chi connectivity index (χ2v) is 14.9. The molecule has 1 atom stereocenters. The van der Waals surface area contributed by atoms with Crippen LogP contribution in [0.5, 0.6) is 0 Å². The first-order valence-corrected chi connectivity index (χ1v) is 17.9. The highest BCUT2D eigenvalue weighted by Crippen LogP contribution is 2.27. The Balaban J connectivity index is 1.56. The average molecular weight is 723 g/mol. The lowest BCUT2D eigenvalue weighted by atomic mass is 10.0. The summed E-state index contributed by atoms with van der Waals surface area (Å²) >= 11 is 9.68. The van der Waals surface area contributed by atoms with E-state index >= 15 is 0 Å². The van der Waals surface area contributed by atoms with Gasteiger partial charge >= 0.3 is 0 Å². The third kappa shape index (κ3) is 8.57. The normalized spacial score (nSPS) is 14.1. The van der Waals surface area contributed by atoms with Crippen LogP contribution in [0.4, 0.5) is 5.69 Å². The van der Waals surface area contributed by atoms with E-state index < -0.39 is 28.5 Å². The molecular weight excluding hydrogens is 686 g/mol. The van der Waals surface area contributed by atoms with E-state index in [4.69, 9.17) is 11.6 Å². The van der Waals surface area contributed by atoms with E-state index in [1.165, 1.54) is 17.0 Å². The van der Waals surface area contributed by atoms with Crippen LogP contribution in [0.1, 0.15) is 42.4 Å². The highest BCUT2D eigenvalue weighted by molar-refractivity contribution is 9.10. The zero-order valence-corrected chi connectivity index (χ0v) is 28.8. The first kappa shape index (κ1) is 33.7. The molecule has 4 aromatic rings. The van der Waals surface area contributed by atoms with E-state index in [0.717, 1.165) is 51.2 Å². The molecule has 0 saturated heterocycles. The molecule has 0 spiro atoms. The number of carbonyl (C=O) groups excluding carboxylic acids is 2. The SMILES string of the molecule is Cc1ccc(S(=O)(=O)N(CC(=O)N(Cc2cccc(Br)c2)[C@H](Cc2ccccc2)C(=O)NC2CCCC2)c2ccc(Cl)cc2)cc1. The van der Waals surface area contributed by atoms with Crippen LogP contribution in [0.25, 0.3) is 0 Å². The fourth-order valence-electron chi connectivity index (χ4n) is 5.73. The van der Waals surface area contributed by atoms with Crippen molar-refractivity contribution in [3.05, 3.63) is 129 Å². The zero-order valence-electron chi connectivity index (χ0n) is 25.6. The number of sulfonamides is 1. The van der Waals surface area contributed by atoms with Gasteiger partial charge in [-0.05, 0) is 79.4 Å². The van der Waals surface area contributed by atoms with Gasteiger partial charge in [0.1, 0.15) is 12.6 Å². The first-order valence-electron chi connectivity index (χ1n) is 15.3. The zero-order chi connectivity index (χ0) is 32.7. The third-order valence-electron chi connectivity index (χ3n) is 8.22. The maximum Gasteiger partial charge on any atom is 0.264 e. The maximum absolute atomic E-state index is 14.6. The molecule has 1 aliphatic rings. The highest BCUT2D eigenvalue weighted by atomic mass is 79.9. The predicted molar refractivity (Wildman–Crippen MR) is 186 cm³/mol. The van der Waals surface area contributed by atoms with E-state index in [1.54, 1.807) is 36.4 Å². The summed E-state index contributed by atoms with van der Waals surface area (Å²) in [5.41, 5.74) is 2.89. The summed E-state index contributed by atoms with van der Waals surface area (Å²) in [6, 6.07) is 29.1. The van der Waals surface area contributed by atoms with E-state index in [1.807, 2.05) is 61.5 Å². The lowest BCUT2D eigenvalue weighted by Gasteiger charge is -2.34. The van der Waals surface area contributed by atoms with Crippen molar-refractivity contribution in [1.82, 2.24) is 10.2 Å². The Labute approximate surface area is 284 Å². The number of carbonyl (C=O) groups is 2. The van der Waals surface area contributed by atoms with Crippen LogP contribution < -0.4 is 9.62 Å². The van der Waals surface area contributed by atoms with Crippen molar-refractivity contribution >= 4 is 55.1 Å². The second kappa shape index (κ2) is 15.3. The van der Waals surface area contributed by atoms with Crippen molar-refractivity contribution in [1.29, 1.82) is 0 Å². The van der Waals surface area contributed by atoms with Gasteiger partial charge in [-0.1, -0.05) is 101 Å². The van der Waals surface area contributed by atoms with Crippen LogP contribution in [0.3, 0.4) is 0 Å². The number of anilines is 1. The largest absolute Gasteiger partial charge is 0.352 e. The Morgan fingerprint density at radius 2 is 1.54 bits per heavy atom. The molecule has 4 aromatic carbocycles. The van der Waals surface area contributed by atoms with Crippen molar-refractivity contribution in [2.45, 2.75) is 62.6 Å². The molecule has 2 amide bonds. The standard InChI is InChI=1S/C36H37BrClN3O4S/c1-26-14-20-33(21-15-26)46(44,45)41(32-18-16-30(38)17-19-32)25-35(42)40(24-28-10-7-11-29(37)22-28)34(23-27-8-3-2-4-9-27)36(43)39-31-12-5-6-13-31/h2-4,7-11,14-22,31,34H,5-6,12-13,23-25H2,1H3,(H,39,43)/t34-/m1/s1. The number of aryl methyl sites for hydroxylation is 1. The summed E-state index contributed by atoms with van der Waals surface area (Å²) in [4.78, 5) is 30.3. The molecule has 0 aliphatic heterocycles. The Morgan fingerprint density at radius 1 is 0.891 bits per heavy atom. The summed E-state index contributed by atoms with van der Waals surface area (Å²) in [5, 5.41) is 3.63. The van der Waals surface area contributed by atoms with Gasteiger partial charge in [0.05, 0.1) is 10.6 Å². The minimum absolute atomic E-state index is 0.0427. The van der Waals surface area contributed by atoms with Gasteiger partial charge in [0, 0.05) is 28.5 Å². The summed E-state index contributed by atoms with van der Waals surface area (Å²) in [7, 11) is -4.18. The minimum atomic E-state index is -4.18. The predicted octanol–water partition coefficient (Wildman–Crippen LogP) is 7.31. The summed E-state index contributed by atoms with van der Waals surface area (Å²) in [6.45, 7) is 1.46. The number of nitrogens with zero attached hydrogens (tertiary/aromatic N) is 2. The van der Waals surface area contributed by atoms with Crippen molar-refractivity contribution in [2.75, 3.05) is 10.8 Å². The quantitative estimate of drug-likeness (QED) is 0.166. The van der Waals surface area contributed by atoms with Gasteiger partial charge in [-0.3, -0.25) is 13.9 Å². The van der Waals surface area contributed by atoms with Gasteiger partial charge in [0.25, 0.3) is 10.0 Å². The second-order valence-electron chi connectivity index (χ2n) is 11.6. The van der Waals surface area contributed by atoms with Gasteiger partial charge in [-0.25, -0.2) is 8.42 Å². The van der Waals surface area contributed by atoms with Gasteiger partial charge in [0.15, 0.2) is 0 Å². The number of hydrogen-bond acceptors (Lipinski definition) is 4. The lowest BCUT2D eigenvalue weighted by Crippen LogP contribution is -2.54. The van der Waals surface area contributed by atoms with E-state index in [-0.39, 0.29) is 35.5 Å². The van der Waals surface area contributed by atoms with Gasteiger partial charge in [-0.15, -0.1) is 0 Å². The number of amides is 2. The Kier molecular flexibility index (Phi) is 11.2. The molecule has 10 heteroatoms. The number of hydrogen-bond donors (Lipinski definition) is 1. The van der Waals surface area contributed by atoms with Crippen molar-refractivity contribution in [3.8, 4) is 0 Å². The molecule has 0 bridgehead atoms. The van der Waals surface area contributed by atoms with Crippen LogP contribution >= 0.6 is 27.5 Å². The number of nitrogens with one attached hydrogen (secondary N) is 1. The molecule has 7 nitrogen and oxygen atoms in total. The monoisotopic (exact) mass is 721 g/mol.